The molecule has 38 heavy (non-hydrogen) atoms. The Bertz CT molecular complexity index is 1560. The van der Waals surface area contributed by atoms with E-state index in [0.29, 0.717) is 59.0 Å². The third kappa shape index (κ3) is 4.83. The van der Waals surface area contributed by atoms with Crippen LogP contribution in [0.4, 0.5) is 0 Å². The van der Waals surface area contributed by atoms with Crippen LogP contribution in [-0.2, 0) is 6.54 Å². The van der Waals surface area contributed by atoms with Crippen molar-refractivity contribution in [3.05, 3.63) is 84.2 Å². The number of carbonyl (C=O) groups is 1. The van der Waals surface area contributed by atoms with Gasteiger partial charge in [-0.2, -0.15) is 0 Å². The highest BCUT2D eigenvalue weighted by Gasteiger charge is 2.24. The van der Waals surface area contributed by atoms with E-state index in [2.05, 4.69) is 20.3 Å². The molecule has 1 N–H and O–H groups in total. The lowest BCUT2D eigenvalue weighted by molar-refractivity contribution is 0.0946. The van der Waals surface area contributed by atoms with Gasteiger partial charge in [-0.25, -0.2) is 19.9 Å². The molecule has 0 fully saturated rings. The first-order valence-electron chi connectivity index (χ1n) is 12.0. The summed E-state index contributed by atoms with van der Waals surface area (Å²) in [6.45, 7) is 2.72. The predicted molar refractivity (Wildman–Crippen MR) is 142 cm³/mol. The molecule has 5 aromatic rings. The van der Waals surface area contributed by atoms with Crippen molar-refractivity contribution >= 4 is 17.2 Å². The van der Waals surface area contributed by atoms with Crippen molar-refractivity contribution in [3.8, 4) is 34.6 Å². The van der Waals surface area contributed by atoms with Gasteiger partial charge in [0.15, 0.2) is 17.1 Å². The molecular weight excluding hydrogens is 484 g/mol. The van der Waals surface area contributed by atoms with Crippen LogP contribution in [0.15, 0.2) is 72.9 Å². The van der Waals surface area contributed by atoms with Crippen LogP contribution in [0.5, 0.6) is 17.4 Å². The summed E-state index contributed by atoms with van der Waals surface area (Å²) in [5.74, 6) is 1.57. The number of nitrogens with zero attached hydrogens (tertiary/aromatic N) is 5. The van der Waals surface area contributed by atoms with Crippen molar-refractivity contribution in [1.29, 1.82) is 0 Å². The van der Waals surface area contributed by atoms with Gasteiger partial charge in [-0.1, -0.05) is 42.5 Å². The smallest absolute Gasteiger partial charge is 0.271 e. The van der Waals surface area contributed by atoms with Gasteiger partial charge >= 0.3 is 0 Å². The lowest BCUT2D eigenvalue weighted by Crippen LogP contribution is -2.24. The highest BCUT2D eigenvalue weighted by molar-refractivity contribution is 5.93. The van der Waals surface area contributed by atoms with E-state index in [4.69, 9.17) is 19.2 Å². The monoisotopic (exact) mass is 510 g/mol. The van der Waals surface area contributed by atoms with Crippen molar-refractivity contribution in [2.45, 2.75) is 13.5 Å². The van der Waals surface area contributed by atoms with Gasteiger partial charge in [-0.3, -0.25) is 9.36 Å². The van der Waals surface area contributed by atoms with Gasteiger partial charge in [0, 0.05) is 12.6 Å². The van der Waals surface area contributed by atoms with E-state index in [1.54, 1.807) is 37.0 Å². The number of methoxy groups -OCH3 is 2. The fourth-order valence-electron chi connectivity index (χ4n) is 4.03. The average Bonchev–Trinajstić information content (AvgIpc) is 3.34. The normalized spacial score (nSPS) is 10.8. The SMILES string of the molecule is CCOc1cccc(-c2nc3ncc(C(=O)NCc4ccccc4)nc3n2-c2c(OC)cccc2OC)n1. The molecule has 0 bridgehead atoms. The van der Waals surface area contributed by atoms with Crippen LogP contribution in [0.1, 0.15) is 23.0 Å². The largest absolute Gasteiger partial charge is 0.494 e. The molecule has 0 aliphatic heterocycles. The Kier molecular flexibility index (Phi) is 7.12. The minimum absolute atomic E-state index is 0.144. The molecule has 2 aromatic carbocycles. The molecule has 10 nitrogen and oxygen atoms in total. The molecule has 1 amide bonds. The number of carbonyl (C=O) groups excluding carboxylic acids is 1. The zero-order chi connectivity index (χ0) is 26.5. The van der Waals surface area contributed by atoms with Crippen LogP contribution >= 0.6 is 0 Å². The number of hydrogen-bond donors (Lipinski definition) is 1. The molecular formula is C28H26N6O4. The number of pyridine rings is 1. The van der Waals surface area contributed by atoms with Crippen LogP contribution in [-0.4, -0.2) is 51.2 Å². The summed E-state index contributed by atoms with van der Waals surface area (Å²) in [7, 11) is 3.14. The minimum Gasteiger partial charge on any atom is -0.494 e. The number of amides is 1. The molecule has 5 rings (SSSR count). The van der Waals surface area contributed by atoms with Crippen LogP contribution in [0.25, 0.3) is 28.5 Å². The molecule has 0 aliphatic carbocycles. The van der Waals surface area contributed by atoms with Crippen LogP contribution < -0.4 is 19.5 Å². The van der Waals surface area contributed by atoms with Crippen molar-refractivity contribution in [2.75, 3.05) is 20.8 Å². The fourth-order valence-corrected chi connectivity index (χ4v) is 4.03. The lowest BCUT2D eigenvalue weighted by atomic mass is 10.2. The first-order chi connectivity index (χ1) is 18.6. The molecule has 0 saturated carbocycles. The molecule has 3 aromatic heterocycles. The van der Waals surface area contributed by atoms with Crippen LogP contribution in [0.3, 0.4) is 0 Å². The maximum absolute atomic E-state index is 13.0. The van der Waals surface area contributed by atoms with E-state index in [1.165, 1.54) is 6.20 Å². The Balaban J connectivity index is 1.67. The Labute approximate surface area is 219 Å². The second-order valence-electron chi connectivity index (χ2n) is 8.15. The number of hydrogen-bond acceptors (Lipinski definition) is 8. The Morgan fingerprint density at radius 1 is 0.895 bits per heavy atom. The molecule has 10 heteroatoms. The third-order valence-electron chi connectivity index (χ3n) is 5.77. The van der Waals surface area contributed by atoms with Crippen molar-refractivity contribution in [2.24, 2.45) is 0 Å². The maximum atomic E-state index is 13.0. The molecule has 0 radical (unpaired) electrons. The Hall–Kier alpha value is -4.99. The van der Waals surface area contributed by atoms with Crippen molar-refractivity contribution in [3.63, 3.8) is 0 Å². The highest BCUT2D eigenvalue weighted by atomic mass is 16.5. The number of fused-ring (bicyclic) bond motifs is 1. The Morgan fingerprint density at radius 2 is 1.63 bits per heavy atom. The number of rotatable bonds is 9. The van der Waals surface area contributed by atoms with Gasteiger partial charge in [-0.15, -0.1) is 0 Å². The van der Waals surface area contributed by atoms with Gasteiger partial charge in [-0.05, 0) is 30.7 Å². The summed E-state index contributed by atoms with van der Waals surface area (Å²) >= 11 is 0. The van der Waals surface area contributed by atoms with Crippen LogP contribution in [0, 0.1) is 0 Å². The average molecular weight is 511 g/mol. The predicted octanol–water partition coefficient (Wildman–Crippen LogP) is 4.22. The summed E-state index contributed by atoms with van der Waals surface area (Å²) in [6.07, 6.45) is 1.41. The first-order valence-corrected chi connectivity index (χ1v) is 12.0. The summed E-state index contributed by atoms with van der Waals surface area (Å²) < 4.78 is 18.7. The van der Waals surface area contributed by atoms with E-state index < -0.39 is 0 Å². The molecule has 3 heterocycles. The van der Waals surface area contributed by atoms with E-state index in [0.717, 1.165) is 5.56 Å². The molecule has 0 spiro atoms. The van der Waals surface area contributed by atoms with E-state index >= 15 is 0 Å². The van der Waals surface area contributed by atoms with Gasteiger partial charge in [0.1, 0.15) is 28.6 Å². The maximum Gasteiger partial charge on any atom is 0.271 e. The third-order valence-corrected chi connectivity index (χ3v) is 5.77. The number of ether oxygens (including phenoxy) is 3. The minimum atomic E-state index is -0.360. The molecule has 0 unspecified atom stereocenters. The lowest BCUT2D eigenvalue weighted by Gasteiger charge is -2.16. The zero-order valence-electron chi connectivity index (χ0n) is 21.2. The van der Waals surface area contributed by atoms with E-state index in [1.807, 2.05) is 55.5 Å². The second kappa shape index (κ2) is 11.0. The van der Waals surface area contributed by atoms with Crippen molar-refractivity contribution < 1.29 is 19.0 Å². The van der Waals surface area contributed by atoms with Crippen molar-refractivity contribution in [1.82, 2.24) is 29.8 Å². The van der Waals surface area contributed by atoms with Gasteiger partial charge in [0.25, 0.3) is 5.91 Å². The summed E-state index contributed by atoms with van der Waals surface area (Å²) in [5, 5.41) is 2.89. The Morgan fingerprint density at radius 3 is 2.34 bits per heavy atom. The number of benzene rings is 2. The zero-order valence-corrected chi connectivity index (χ0v) is 21.2. The number of para-hydroxylation sites is 1. The van der Waals surface area contributed by atoms with E-state index in [-0.39, 0.29) is 11.6 Å². The van der Waals surface area contributed by atoms with Gasteiger partial charge in [0.05, 0.1) is 27.0 Å². The number of imidazole rings is 1. The van der Waals surface area contributed by atoms with Crippen LogP contribution in [0.2, 0.25) is 0 Å². The summed E-state index contributed by atoms with van der Waals surface area (Å²) in [5.41, 5.74) is 2.87. The molecule has 0 atom stereocenters. The number of nitrogens with one attached hydrogen (secondary N) is 1. The molecule has 192 valence electrons. The second-order valence-corrected chi connectivity index (χ2v) is 8.15. The topological polar surface area (TPSA) is 113 Å². The highest BCUT2D eigenvalue weighted by Crippen LogP contribution is 2.37. The van der Waals surface area contributed by atoms with E-state index in [9.17, 15) is 4.79 Å². The first kappa shape index (κ1) is 24.7. The fraction of sp³-hybridized carbons (Fsp3) is 0.179. The summed E-state index contributed by atoms with van der Waals surface area (Å²) in [6, 6.07) is 20.5. The molecule has 0 saturated heterocycles. The van der Waals surface area contributed by atoms with Gasteiger partial charge < -0.3 is 19.5 Å². The summed E-state index contributed by atoms with van der Waals surface area (Å²) in [4.78, 5) is 31.5. The number of aromatic nitrogens is 5. The standard InChI is InChI=1S/C28H26N6O4/c1-4-38-23-15-8-12-19(31-23)26-33-25-27(34(26)24-21(36-2)13-9-14-22(24)37-3)32-20(17-29-25)28(35)30-16-18-10-6-5-7-11-18/h5-15,17H,4,16H2,1-3H3,(H,30,35). The quantitative estimate of drug-likeness (QED) is 0.314. The molecule has 0 aliphatic rings. The van der Waals surface area contributed by atoms with Gasteiger partial charge in [0.2, 0.25) is 5.88 Å².